The zero-order valence-electron chi connectivity index (χ0n) is 17.3. The Kier molecular flexibility index (Phi) is 14.6. The highest BCUT2D eigenvalue weighted by Crippen LogP contribution is 2.19. The Bertz CT molecular complexity index is 422. The Morgan fingerprint density at radius 1 is 0.769 bits per heavy atom. The van der Waals surface area contributed by atoms with Gasteiger partial charge in [-0.25, -0.2) is 0 Å². The minimum absolute atomic E-state index is 0.448. The van der Waals surface area contributed by atoms with Gasteiger partial charge in [0.1, 0.15) is 0 Å². The predicted octanol–water partition coefficient (Wildman–Crippen LogP) is 7.18. The molecule has 0 aliphatic rings. The Labute approximate surface area is 165 Å². The molecule has 0 fully saturated rings. The maximum absolute atomic E-state index is 5.59. The lowest BCUT2D eigenvalue weighted by atomic mass is 10.0. The molecule has 0 aliphatic carbocycles. The lowest BCUT2D eigenvalue weighted by Crippen LogP contribution is -2.14. The van der Waals surface area contributed by atoms with Gasteiger partial charge in [0.05, 0.1) is 0 Å². The Morgan fingerprint density at radius 3 is 1.65 bits per heavy atom. The smallest absolute Gasteiger partial charge is 0.207 e. The van der Waals surface area contributed by atoms with E-state index in [0.29, 0.717) is 11.2 Å². The molecule has 0 saturated carbocycles. The average Bonchev–Trinajstić information content (AvgIpc) is 3.03. The molecule has 1 rings (SSSR count). The molecule has 1 aromatic heterocycles. The van der Waals surface area contributed by atoms with E-state index in [1.807, 2.05) is 0 Å². The van der Waals surface area contributed by atoms with Gasteiger partial charge in [0.15, 0.2) is 0 Å². The number of nitrogen functional groups attached to an aromatic ring is 1. The van der Waals surface area contributed by atoms with Crippen molar-refractivity contribution >= 4 is 21.6 Å². The molecular formula is C21H42N4S. The van der Waals surface area contributed by atoms with Crippen molar-refractivity contribution in [1.29, 1.82) is 0 Å². The van der Waals surface area contributed by atoms with E-state index in [9.17, 15) is 0 Å². The molecule has 0 bridgehead atoms. The second-order valence-electron chi connectivity index (χ2n) is 7.73. The molecule has 4 nitrogen and oxygen atoms in total. The van der Waals surface area contributed by atoms with E-state index < -0.39 is 0 Å². The summed E-state index contributed by atoms with van der Waals surface area (Å²) in [5.74, 6) is 0. The highest BCUT2D eigenvalue weighted by molar-refractivity contribution is 7.18. The van der Waals surface area contributed by atoms with Crippen molar-refractivity contribution in [2.24, 2.45) is 0 Å². The van der Waals surface area contributed by atoms with Crippen LogP contribution in [0.3, 0.4) is 0 Å². The van der Waals surface area contributed by atoms with E-state index in [0.717, 1.165) is 5.13 Å². The number of nitrogens with one attached hydrogen (secondary N) is 1. The number of nitrogens with two attached hydrogens (primary N) is 1. The van der Waals surface area contributed by atoms with E-state index in [2.05, 4.69) is 29.4 Å². The van der Waals surface area contributed by atoms with Crippen molar-refractivity contribution in [2.45, 2.75) is 123 Å². The van der Waals surface area contributed by atoms with Gasteiger partial charge in [0.2, 0.25) is 10.3 Å². The van der Waals surface area contributed by atoms with Crippen molar-refractivity contribution < 1.29 is 0 Å². The number of aromatic nitrogens is 2. The molecule has 3 N–H and O–H groups in total. The van der Waals surface area contributed by atoms with Gasteiger partial charge in [-0.3, -0.25) is 0 Å². The van der Waals surface area contributed by atoms with Gasteiger partial charge in [0, 0.05) is 6.04 Å². The van der Waals surface area contributed by atoms with E-state index in [4.69, 9.17) is 5.73 Å². The normalized spacial score (nSPS) is 12.4. The third kappa shape index (κ3) is 13.4. The van der Waals surface area contributed by atoms with Crippen LogP contribution in [0.1, 0.15) is 117 Å². The highest BCUT2D eigenvalue weighted by Gasteiger charge is 2.05. The first-order valence-corrected chi connectivity index (χ1v) is 11.9. The van der Waals surface area contributed by atoms with Crippen molar-refractivity contribution in [1.82, 2.24) is 10.2 Å². The van der Waals surface area contributed by atoms with Gasteiger partial charge in [-0.05, 0) is 13.3 Å². The fourth-order valence-electron chi connectivity index (χ4n) is 3.40. The summed E-state index contributed by atoms with van der Waals surface area (Å²) >= 11 is 1.42. The summed E-state index contributed by atoms with van der Waals surface area (Å²) in [6, 6.07) is 0.448. The molecule has 1 unspecified atom stereocenters. The average molecular weight is 383 g/mol. The molecule has 1 atom stereocenters. The summed E-state index contributed by atoms with van der Waals surface area (Å²) in [5, 5.41) is 12.6. The van der Waals surface area contributed by atoms with Crippen LogP contribution in [0.4, 0.5) is 10.3 Å². The van der Waals surface area contributed by atoms with Crippen molar-refractivity contribution in [3.63, 3.8) is 0 Å². The molecule has 0 radical (unpaired) electrons. The lowest BCUT2D eigenvalue weighted by molar-refractivity contribution is 0.525. The summed E-state index contributed by atoms with van der Waals surface area (Å²) < 4.78 is 0. The molecule has 152 valence electrons. The zero-order valence-corrected chi connectivity index (χ0v) is 18.1. The van der Waals surface area contributed by atoms with E-state index in [-0.39, 0.29) is 0 Å². The third-order valence-corrected chi connectivity index (χ3v) is 5.73. The molecule has 0 aliphatic heterocycles. The van der Waals surface area contributed by atoms with Crippen molar-refractivity contribution in [3.05, 3.63) is 0 Å². The SMILES string of the molecule is CCCCCCCCCCCCCCCCCC(C)Nc1nnc(N)s1. The molecule has 0 amide bonds. The summed E-state index contributed by atoms with van der Waals surface area (Å²) in [6.45, 7) is 4.50. The lowest BCUT2D eigenvalue weighted by Gasteiger charge is -2.11. The summed E-state index contributed by atoms with van der Waals surface area (Å²) in [7, 11) is 0. The molecule has 1 aromatic rings. The van der Waals surface area contributed by atoms with Crippen LogP contribution in [-0.4, -0.2) is 16.2 Å². The quantitative estimate of drug-likeness (QED) is 0.264. The second-order valence-corrected chi connectivity index (χ2v) is 8.74. The maximum atomic E-state index is 5.59. The molecule has 26 heavy (non-hydrogen) atoms. The molecule has 0 saturated heterocycles. The third-order valence-electron chi connectivity index (χ3n) is 5.05. The minimum Gasteiger partial charge on any atom is -0.374 e. The van der Waals surface area contributed by atoms with Crippen molar-refractivity contribution in [3.8, 4) is 0 Å². The van der Waals surface area contributed by atoms with E-state index in [1.165, 1.54) is 114 Å². The van der Waals surface area contributed by atoms with Gasteiger partial charge in [0.25, 0.3) is 0 Å². The Balaban J connectivity index is 1.76. The van der Waals surface area contributed by atoms with Crippen LogP contribution < -0.4 is 11.1 Å². The van der Waals surface area contributed by atoms with Gasteiger partial charge >= 0.3 is 0 Å². The largest absolute Gasteiger partial charge is 0.374 e. The van der Waals surface area contributed by atoms with Crippen LogP contribution in [0.25, 0.3) is 0 Å². The van der Waals surface area contributed by atoms with Crippen LogP contribution in [-0.2, 0) is 0 Å². The molecule has 1 heterocycles. The monoisotopic (exact) mass is 382 g/mol. The zero-order chi connectivity index (χ0) is 18.9. The van der Waals surface area contributed by atoms with Crippen LogP contribution in [0.15, 0.2) is 0 Å². The first-order chi connectivity index (χ1) is 12.7. The van der Waals surface area contributed by atoms with E-state index >= 15 is 0 Å². The van der Waals surface area contributed by atoms with Gasteiger partial charge in [-0.2, -0.15) is 0 Å². The first-order valence-electron chi connectivity index (χ1n) is 11.1. The van der Waals surface area contributed by atoms with Crippen LogP contribution >= 0.6 is 11.3 Å². The Hall–Kier alpha value is -0.840. The maximum Gasteiger partial charge on any atom is 0.207 e. The van der Waals surface area contributed by atoms with Crippen LogP contribution in [0.2, 0.25) is 0 Å². The summed E-state index contributed by atoms with van der Waals surface area (Å²) in [5.41, 5.74) is 5.59. The van der Waals surface area contributed by atoms with Crippen molar-refractivity contribution in [2.75, 3.05) is 11.1 Å². The van der Waals surface area contributed by atoms with Crippen LogP contribution in [0, 0.1) is 0 Å². The molecule has 5 heteroatoms. The van der Waals surface area contributed by atoms with Gasteiger partial charge in [-0.15, -0.1) is 10.2 Å². The van der Waals surface area contributed by atoms with Crippen LogP contribution in [0.5, 0.6) is 0 Å². The highest BCUT2D eigenvalue weighted by atomic mass is 32.1. The first kappa shape index (κ1) is 23.2. The standard InChI is InChI=1S/C21H42N4S/c1-3-4-5-6-7-8-9-10-11-12-13-14-15-16-17-18-19(2)23-21-25-24-20(22)26-21/h19H,3-18H2,1-2H3,(H2,22,24)(H,23,25). The number of rotatable bonds is 18. The minimum atomic E-state index is 0.448. The number of nitrogens with zero attached hydrogens (tertiary/aromatic N) is 2. The van der Waals surface area contributed by atoms with Gasteiger partial charge < -0.3 is 11.1 Å². The fourth-order valence-corrected chi connectivity index (χ4v) is 4.02. The van der Waals surface area contributed by atoms with Gasteiger partial charge in [-0.1, -0.05) is 115 Å². The summed E-state index contributed by atoms with van der Waals surface area (Å²) in [4.78, 5) is 0. The number of anilines is 2. The number of hydrogen-bond acceptors (Lipinski definition) is 5. The Morgan fingerprint density at radius 2 is 1.23 bits per heavy atom. The molecule has 0 spiro atoms. The second kappa shape index (κ2) is 16.3. The molecule has 0 aromatic carbocycles. The predicted molar refractivity (Wildman–Crippen MR) is 117 cm³/mol. The number of hydrogen-bond donors (Lipinski definition) is 2. The fraction of sp³-hybridized carbons (Fsp3) is 0.905. The summed E-state index contributed by atoms with van der Waals surface area (Å²) in [6.07, 6.45) is 22.4. The molecular weight excluding hydrogens is 340 g/mol. The number of unbranched alkanes of at least 4 members (excludes halogenated alkanes) is 14. The van der Waals surface area contributed by atoms with E-state index in [1.54, 1.807) is 0 Å². The topological polar surface area (TPSA) is 63.8 Å².